The second-order valence-corrected chi connectivity index (χ2v) is 21.5. The zero-order valence-electron chi connectivity index (χ0n) is 42.2. The molecule has 0 spiro atoms. The molecule has 0 radical (unpaired) electrons. The smallest absolute Gasteiger partial charge is 0.503 e. The first-order valence-electron chi connectivity index (χ1n) is 21.9. The van der Waals surface area contributed by atoms with Gasteiger partial charge in [-0.2, -0.15) is 72.4 Å². The zero-order valence-corrected chi connectivity index (χ0v) is 45.5. The van der Waals surface area contributed by atoms with Crippen molar-refractivity contribution in [3.8, 4) is 11.8 Å². The van der Waals surface area contributed by atoms with Crippen molar-refractivity contribution in [2.75, 3.05) is 27.8 Å². The Hall–Kier alpha value is -8.60. The topological polar surface area (TPSA) is 563 Å². The summed E-state index contributed by atoms with van der Waals surface area (Å²) >= 11 is 0. The van der Waals surface area contributed by atoms with Crippen molar-refractivity contribution in [2.24, 2.45) is 31.9 Å². The van der Waals surface area contributed by atoms with E-state index in [2.05, 4.69) is 71.6 Å². The van der Waals surface area contributed by atoms with E-state index < -0.39 is 176 Å². The molecular formula is C39H39F2LiN18O18S4. The van der Waals surface area contributed by atoms with Gasteiger partial charge in [0.05, 0.1) is 11.4 Å². The molecule has 4 heterocycles. The molecule has 4 aromatic heterocycles. The molecule has 0 aliphatic carbocycles. The number of hydrogen-bond donors (Lipinski definition) is 12. The molecule has 0 atom stereocenters. The normalized spacial score (nSPS) is 12.1. The van der Waals surface area contributed by atoms with Crippen LogP contribution >= 0.6 is 0 Å². The van der Waals surface area contributed by atoms with E-state index in [0.29, 0.717) is 21.3 Å². The van der Waals surface area contributed by atoms with E-state index >= 15 is 0 Å². The summed E-state index contributed by atoms with van der Waals surface area (Å²) in [6, 6.07) is 1.46. The molecular weight excluding hydrogens is 1180 g/mol. The van der Waals surface area contributed by atoms with Gasteiger partial charge in [-0.15, -0.1) is 26.9 Å². The van der Waals surface area contributed by atoms with Crippen LogP contribution in [0.5, 0.6) is 11.8 Å². The number of rotatable bonds is 22. The fourth-order valence-corrected chi connectivity index (χ4v) is 9.86. The number of carbonyl (C=O) groups excluding carboxylic acids is 2. The number of aromatic nitrogens is 8. The van der Waals surface area contributed by atoms with E-state index in [-0.39, 0.29) is 68.2 Å². The molecule has 6 rings (SSSR count). The maximum Gasteiger partial charge on any atom is 1.00 e. The molecule has 43 heteroatoms. The Balaban J connectivity index is 0.0000123. The van der Waals surface area contributed by atoms with Crippen molar-refractivity contribution in [1.29, 1.82) is 0 Å². The minimum Gasteiger partial charge on any atom is -0.503 e. The number of aromatic hydroxyl groups is 2. The molecule has 0 unspecified atom stereocenters. The van der Waals surface area contributed by atoms with E-state index in [1.54, 1.807) is 0 Å². The number of nitrogens with two attached hydrogens (primary N) is 2. The summed E-state index contributed by atoms with van der Waals surface area (Å²) in [7, 11) is -21.8. The van der Waals surface area contributed by atoms with Crippen LogP contribution in [-0.4, -0.2) is 119 Å². The zero-order chi connectivity index (χ0) is 60.4. The van der Waals surface area contributed by atoms with E-state index in [9.17, 15) is 90.1 Å². The molecule has 82 heavy (non-hydrogen) atoms. The van der Waals surface area contributed by atoms with Gasteiger partial charge < -0.3 is 42.9 Å². The molecule has 0 fully saturated rings. The quantitative estimate of drug-likeness (QED) is 0.0132. The molecule has 36 nitrogen and oxygen atoms in total. The molecule has 2 amide bonds. The molecule has 0 bridgehead atoms. The Morgan fingerprint density at radius 1 is 0.585 bits per heavy atom. The first-order chi connectivity index (χ1) is 37.6. The van der Waals surface area contributed by atoms with Crippen molar-refractivity contribution in [1.82, 2.24) is 39.0 Å². The standard InChI is InChI=1S/C39H39F2N18O18S4.Li/c1-5-58-30(62)24(28(42)60)14(3)26(32(58)64)56-54-18-10-16(20(78(66,67)68)12-22(18)80(72,73)74)46-38-50-34(40)48-36(52-38)44-8-7-9-45-37-49-35(41)51-39(53-37)47-17-11-19(23(81(75,76)77)13-21(17)79(69,70)71)55-57-27-15(4)25(29(43)61)31(63)59(6-2)33(27)65;/h8,10-13,62-63H,5-7,9H2,1-4H3,(H2,42,60)(H2,43,61)(H,66,67,68)(H,69,70,71)(H,72,73,74)(H,75,76,77)(H2,44,46,48,50,52)(H2,45,47,49,51,53);/q-1;+1. The summed E-state index contributed by atoms with van der Waals surface area (Å²) in [6.45, 7) is 5.45. The average Bonchev–Trinajstić information content (AvgIpc) is 3.54. The van der Waals surface area contributed by atoms with Gasteiger partial charge in [-0.05, 0) is 58.5 Å². The van der Waals surface area contributed by atoms with Gasteiger partial charge in [-0.1, -0.05) is 0 Å². The van der Waals surface area contributed by atoms with Crippen LogP contribution in [-0.2, 0) is 53.6 Å². The van der Waals surface area contributed by atoms with E-state index in [4.69, 9.17) is 11.5 Å². The van der Waals surface area contributed by atoms with E-state index in [1.807, 2.05) is 0 Å². The second kappa shape index (κ2) is 24.6. The number of primary amides is 2. The molecule has 0 aliphatic rings. The van der Waals surface area contributed by atoms with Gasteiger partial charge in [0, 0.05) is 24.2 Å². The third-order valence-electron chi connectivity index (χ3n) is 10.7. The number of azo groups is 2. The van der Waals surface area contributed by atoms with Gasteiger partial charge in [0.2, 0.25) is 29.6 Å². The number of amides is 2. The summed E-state index contributed by atoms with van der Waals surface area (Å²) in [5.41, 5.74) is 1.81. The van der Waals surface area contributed by atoms with Crippen molar-refractivity contribution in [2.45, 2.75) is 66.8 Å². The van der Waals surface area contributed by atoms with Gasteiger partial charge in [0.1, 0.15) is 42.1 Å². The first-order valence-corrected chi connectivity index (χ1v) is 27.6. The number of halogens is 2. The van der Waals surface area contributed by atoms with Crippen LogP contribution in [0.15, 0.2) is 73.9 Å². The summed E-state index contributed by atoms with van der Waals surface area (Å²) in [5, 5.41) is 45.0. The molecule has 0 saturated carbocycles. The van der Waals surface area contributed by atoms with Gasteiger partial charge in [-0.3, -0.25) is 46.5 Å². The third-order valence-corrected chi connectivity index (χ3v) is 14.3. The Morgan fingerprint density at radius 3 is 1.29 bits per heavy atom. The van der Waals surface area contributed by atoms with E-state index in [1.165, 1.54) is 13.8 Å². The molecule has 0 aliphatic heterocycles. The van der Waals surface area contributed by atoms with Crippen LogP contribution in [0.2, 0.25) is 0 Å². The summed E-state index contributed by atoms with van der Waals surface area (Å²) in [5.74, 6) is -6.97. The van der Waals surface area contributed by atoms with Crippen molar-refractivity contribution in [3.63, 3.8) is 0 Å². The number of hydrogen-bond acceptors (Lipinski definition) is 28. The third kappa shape index (κ3) is 14.3. The predicted octanol–water partition coefficient (Wildman–Crippen LogP) is -0.691. The number of anilines is 6. The summed E-state index contributed by atoms with van der Waals surface area (Å²) in [6.07, 6.45) is -3.23. The molecule has 6 aromatic rings. The molecule has 0 saturated heterocycles. The predicted molar refractivity (Wildman–Crippen MR) is 270 cm³/mol. The van der Waals surface area contributed by atoms with Crippen LogP contribution < -0.4 is 62.7 Å². The Labute approximate surface area is 470 Å². The number of nitrogens with one attached hydrogen (secondary N) is 4. The fourth-order valence-electron chi connectivity index (χ4n) is 7.14. The van der Waals surface area contributed by atoms with Crippen molar-refractivity contribution < 1.29 is 99.3 Å². The van der Waals surface area contributed by atoms with Crippen LogP contribution in [0.3, 0.4) is 0 Å². The Bertz CT molecular complexity index is 4020. The van der Waals surface area contributed by atoms with Gasteiger partial charge in [0.25, 0.3) is 63.4 Å². The van der Waals surface area contributed by atoms with Crippen molar-refractivity contribution >= 4 is 110 Å². The number of carbonyl (C=O) groups is 2. The minimum absolute atomic E-state index is 0. The minimum atomic E-state index is -5.46. The van der Waals surface area contributed by atoms with Crippen LogP contribution in [0.4, 0.5) is 66.7 Å². The van der Waals surface area contributed by atoms with Crippen LogP contribution in [0.25, 0.3) is 0 Å². The summed E-state index contributed by atoms with van der Waals surface area (Å²) in [4.78, 5) is 66.6. The maximum absolute atomic E-state index is 14.8. The number of pyridine rings is 2. The van der Waals surface area contributed by atoms with Crippen molar-refractivity contribution in [3.05, 3.63) is 85.9 Å². The summed E-state index contributed by atoms with van der Waals surface area (Å²) < 4.78 is 171. The number of nitrogens with zero attached hydrogens (tertiary/aromatic N) is 12. The molecule has 432 valence electrons. The maximum atomic E-state index is 14.8. The molecule has 2 aromatic carbocycles. The Morgan fingerprint density at radius 2 is 0.939 bits per heavy atom. The monoisotopic (exact) mass is 1220 g/mol. The van der Waals surface area contributed by atoms with Gasteiger partial charge >= 0.3 is 31.0 Å². The average molecular weight is 1220 g/mol. The fraction of sp³-hybridized carbons (Fsp3) is 0.205. The van der Waals surface area contributed by atoms with E-state index in [0.717, 1.165) is 20.4 Å². The molecule has 14 N–H and O–H groups in total. The van der Waals surface area contributed by atoms with Gasteiger partial charge in [0.15, 0.2) is 17.3 Å². The van der Waals surface area contributed by atoms with Gasteiger partial charge in [-0.25, -0.2) is 6.54 Å². The van der Waals surface area contributed by atoms with Crippen LogP contribution in [0, 0.1) is 32.5 Å². The number of benzene rings is 2. The first kappa shape index (κ1) is 64.2. The Kier molecular flexibility index (Phi) is 19.3. The SMILES string of the molecule is CCn1c(O)c(C(N)=O)c(C)c(N=Nc2cc(Nc3nc(F)nc(N[CH-]CCNc4nc(F)nc(Nc5cc(N=Nc6c(C)c(C(N)=O)c(O)n(CC)c6=O)c(S(=O)(=O)O)cc5S(=O)(=O)O)n4)n3)c(S(=O)(=O)O)cc2S(=O)(=O)O)c1=O.[Li+]. The van der Waals surface area contributed by atoms with Crippen LogP contribution in [0.1, 0.15) is 52.1 Å². The second-order valence-electron chi connectivity index (χ2n) is 15.9. The largest absolute Gasteiger partial charge is 1.00 e.